The van der Waals surface area contributed by atoms with E-state index in [0.717, 1.165) is 49.6 Å². The predicted octanol–water partition coefficient (Wildman–Crippen LogP) is 3.58. The van der Waals surface area contributed by atoms with Crippen molar-refractivity contribution in [2.45, 2.75) is 32.6 Å². The maximum atomic E-state index is 13.2. The van der Waals surface area contributed by atoms with Gasteiger partial charge in [-0.25, -0.2) is 14.4 Å². The van der Waals surface area contributed by atoms with E-state index < -0.39 is 0 Å². The Morgan fingerprint density at radius 1 is 1.17 bits per heavy atom. The predicted molar refractivity (Wildman–Crippen MR) is 95.5 cm³/mol. The summed E-state index contributed by atoms with van der Waals surface area (Å²) in [6.07, 6.45) is 2.20. The van der Waals surface area contributed by atoms with Gasteiger partial charge in [-0.2, -0.15) is 0 Å². The lowest BCUT2D eigenvalue weighted by atomic mass is 9.97. The summed E-state index contributed by atoms with van der Waals surface area (Å²) in [5, 5.41) is 0. The fraction of sp³-hybridized carbons (Fsp3) is 0.474. The van der Waals surface area contributed by atoms with E-state index in [-0.39, 0.29) is 5.82 Å². The van der Waals surface area contributed by atoms with Crippen LogP contribution in [0.5, 0.6) is 0 Å². The van der Waals surface area contributed by atoms with Crippen LogP contribution in [0, 0.1) is 11.7 Å². The Morgan fingerprint density at radius 2 is 1.83 bits per heavy atom. The molecule has 5 heteroatoms. The minimum absolute atomic E-state index is 0.247. The molecule has 0 bridgehead atoms. The molecule has 0 aliphatic carbocycles. The van der Waals surface area contributed by atoms with Gasteiger partial charge in [-0.15, -0.1) is 0 Å². The highest BCUT2D eigenvalue weighted by atomic mass is 19.1. The number of piperidine rings is 1. The number of hydrogen-bond donors (Lipinski definition) is 1. The monoisotopic (exact) mass is 328 g/mol. The molecule has 1 saturated heterocycles. The van der Waals surface area contributed by atoms with Crippen molar-refractivity contribution < 1.29 is 4.39 Å². The van der Waals surface area contributed by atoms with Crippen LogP contribution < -0.4 is 10.6 Å². The van der Waals surface area contributed by atoms with Crippen LogP contribution in [0.15, 0.2) is 30.3 Å². The normalized spacial score (nSPS) is 16.0. The number of anilines is 1. The second kappa shape index (κ2) is 7.26. The summed E-state index contributed by atoms with van der Waals surface area (Å²) in [5.74, 6) is 2.31. The first kappa shape index (κ1) is 16.8. The first-order valence-electron chi connectivity index (χ1n) is 8.66. The zero-order chi connectivity index (χ0) is 17.1. The number of benzene rings is 1. The Hall–Kier alpha value is -2.01. The second-order valence-electron chi connectivity index (χ2n) is 6.80. The Morgan fingerprint density at radius 3 is 2.42 bits per heavy atom. The molecule has 1 aromatic carbocycles. The van der Waals surface area contributed by atoms with Crippen LogP contribution in [0.1, 0.15) is 38.3 Å². The standard InChI is InChI=1S/C19H25FN4/c1-13(2)17-11-18(24-9-7-14(12-21)8-10-24)23-19(22-17)15-3-5-16(20)6-4-15/h3-6,11,13-14H,7-10,12,21H2,1-2H3. The van der Waals surface area contributed by atoms with Gasteiger partial charge in [0, 0.05) is 30.4 Å². The number of nitrogens with zero attached hydrogens (tertiary/aromatic N) is 3. The minimum atomic E-state index is -0.247. The van der Waals surface area contributed by atoms with Gasteiger partial charge < -0.3 is 10.6 Å². The van der Waals surface area contributed by atoms with Crippen LogP contribution in [-0.2, 0) is 0 Å². The van der Waals surface area contributed by atoms with Gasteiger partial charge in [0.25, 0.3) is 0 Å². The number of halogens is 1. The number of aromatic nitrogens is 2. The van der Waals surface area contributed by atoms with Crippen molar-refractivity contribution in [3.63, 3.8) is 0 Å². The van der Waals surface area contributed by atoms with E-state index in [0.29, 0.717) is 17.7 Å². The van der Waals surface area contributed by atoms with Crippen molar-refractivity contribution in [3.8, 4) is 11.4 Å². The molecular weight excluding hydrogens is 303 g/mol. The number of rotatable bonds is 4. The van der Waals surface area contributed by atoms with E-state index in [2.05, 4.69) is 29.8 Å². The molecule has 1 aromatic heterocycles. The van der Waals surface area contributed by atoms with Crippen LogP contribution in [0.4, 0.5) is 10.2 Å². The first-order chi connectivity index (χ1) is 11.6. The average Bonchev–Trinajstić information content (AvgIpc) is 2.62. The summed E-state index contributed by atoms with van der Waals surface area (Å²) in [6.45, 7) is 6.96. The summed E-state index contributed by atoms with van der Waals surface area (Å²) in [5.41, 5.74) is 7.65. The molecule has 0 spiro atoms. The molecule has 0 saturated carbocycles. The van der Waals surface area contributed by atoms with Crippen LogP contribution in [0.25, 0.3) is 11.4 Å². The molecule has 1 aliphatic rings. The lowest BCUT2D eigenvalue weighted by Crippen LogP contribution is -2.36. The Kier molecular flexibility index (Phi) is 5.09. The third-order valence-electron chi connectivity index (χ3n) is 4.70. The summed E-state index contributed by atoms with van der Waals surface area (Å²) in [7, 11) is 0. The van der Waals surface area contributed by atoms with E-state index >= 15 is 0 Å². The largest absolute Gasteiger partial charge is 0.356 e. The fourth-order valence-corrected chi connectivity index (χ4v) is 3.04. The van der Waals surface area contributed by atoms with Crippen molar-refractivity contribution in [2.24, 2.45) is 11.7 Å². The van der Waals surface area contributed by atoms with E-state index in [1.165, 1.54) is 12.1 Å². The zero-order valence-corrected chi connectivity index (χ0v) is 14.4. The van der Waals surface area contributed by atoms with Crippen LogP contribution in [0.3, 0.4) is 0 Å². The fourth-order valence-electron chi connectivity index (χ4n) is 3.04. The van der Waals surface area contributed by atoms with Crippen molar-refractivity contribution >= 4 is 5.82 Å². The van der Waals surface area contributed by atoms with Gasteiger partial charge in [-0.1, -0.05) is 13.8 Å². The summed E-state index contributed by atoms with van der Waals surface area (Å²) in [6, 6.07) is 8.46. The highest BCUT2D eigenvalue weighted by Crippen LogP contribution is 2.27. The zero-order valence-electron chi connectivity index (χ0n) is 14.4. The van der Waals surface area contributed by atoms with E-state index in [9.17, 15) is 4.39 Å². The number of hydrogen-bond acceptors (Lipinski definition) is 4. The Bertz CT molecular complexity index is 676. The molecule has 0 atom stereocenters. The van der Waals surface area contributed by atoms with Gasteiger partial charge in [-0.3, -0.25) is 0 Å². The first-order valence-corrected chi connectivity index (χ1v) is 8.66. The average molecular weight is 328 g/mol. The van der Waals surface area contributed by atoms with Crippen molar-refractivity contribution in [3.05, 3.63) is 41.8 Å². The van der Waals surface area contributed by atoms with Gasteiger partial charge in [0.05, 0.1) is 0 Å². The van der Waals surface area contributed by atoms with Crippen LogP contribution >= 0.6 is 0 Å². The highest BCUT2D eigenvalue weighted by Gasteiger charge is 2.21. The van der Waals surface area contributed by atoms with Crippen molar-refractivity contribution in [1.29, 1.82) is 0 Å². The summed E-state index contributed by atoms with van der Waals surface area (Å²) in [4.78, 5) is 11.7. The highest BCUT2D eigenvalue weighted by molar-refractivity contribution is 5.58. The van der Waals surface area contributed by atoms with Crippen molar-refractivity contribution in [2.75, 3.05) is 24.5 Å². The van der Waals surface area contributed by atoms with Crippen LogP contribution in [0.2, 0.25) is 0 Å². The SMILES string of the molecule is CC(C)c1cc(N2CCC(CN)CC2)nc(-c2ccc(F)cc2)n1. The third kappa shape index (κ3) is 3.73. The van der Waals surface area contributed by atoms with Gasteiger partial charge in [0.15, 0.2) is 5.82 Å². The Labute approximate surface area is 142 Å². The quantitative estimate of drug-likeness (QED) is 0.932. The van der Waals surface area contributed by atoms with E-state index in [1.54, 1.807) is 12.1 Å². The minimum Gasteiger partial charge on any atom is -0.356 e. The van der Waals surface area contributed by atoms with E-state index in [1.807, 2.05) is 0 Å². The van der Waals surface area contributed by atoms with E-state index in [4.69, 9.17) is 10.7 Å². The maximum absolute atomic E-state index is 13.2. The molecule has 3 rings (SSSR count). The molecule has 2 N–H and O–H groups in total. The van der Waals surface area contributed by atoms with Crippen LogP contribution in [-0.4, -0.2) is 29.6 Å². The van der Waals surface area contributed by atoms with Gasteiger partial charge in [0.2, 0.25) is 0 Å². The molecule has 2 heterocycles. The molecule has 0 amide bonds. The molecule has 0 radical (unpaired) electrons. The molecule has 1 fully saturated rings. The summed E-state index contributed by atoms with van der Waals surface area (Å²) < 4.78 is 13.2. The third-order valence-corrected chi connectivity index (χ3v) is 4.70. The molecular formula is C19H25FN4. The smallest absolute Gasteiger partial charge is 0.161 e. The lowest BCUT2D eigenvalue weighted by molar-refractivity contribution is 0.413. The summed E-state index contributed by atoms with van der Waals surface area (Å²) >= 11 is 0. The topological polar surface area (TPSA) is 55.0 Å². The lowest BCUT2D eigenvalue weighted by Gasteiger charge is -2.32. The number of nitrogens with two attached hydrogens (primary N) is 1. The van der Waals surface area contributed by atoms with Gasteiger partial charge in [0.1, 0.15) is 11.6 Å². The maximum Gasteiger partial charge on any atom is 0.161 e. The molecule has 0 unspecified atom stereocenters. The molecule has 4 nitrogen and oxygen atoms in total. The molecule has 128 valence electrons. The molecule has 1 aliphatic heterocycles. The van der Waals surface area contributed by atoms with Gasteiger partial charge in [-0.05, 0) is 55.5 Å². The van der Waals surface area contributed by atoms with Crippen molar-refractivity contribution in [1.82, 2.24) is 9.97 Å². The molecule has 24 heavy (non-hydrogen) atoms. The molecule has 2 aromatic rings. The Balaban J connectivity index is 1.93. The van der Waals surface area contributed by atoms with Gasteiger partial charge >= 0.3 is 0 Å². The second-order valence-corrected chi connectivity index (χ2v) is 6.80.